The minimum absolute atomic E-state index is 0.272. The smallest absolute Gasteiger partial charge is 0.162 e. The highest BCUT2D eigenvalue weighted by Crippen LogP contribution is 2.29. The predicted octanol–water partition coefficient (Wildman–Crippen LogP) is 4.33. The van der Waals surface area contributed by atoms with Gasteiger partial charge in [0.15, 0.2) is 11.5 Å². The highest BCUT2D eigenvalue weighted by molar-refractivity contribution is 6.34. The lowest BCUT2D eigenvalue weighted by atomic mass is 10.2. The second-order valence-corrected chi connectivity index (χ2v) is 5.09. The van der Waals surface area contributed by atoms with E-state index in [1.165, 1.54) is 7.11 Å². The van der Waals surface area contributed by atoms with Crippen molar-refractivity contribution in [2.45, 2.75) is 0 Å². The van der Waals surface area contributed by atoms with Crippen molar-refractivity contribution >= 4 is 23.2 Å². The Kier molecular flexibility index (Phi) is 5.76. The third-order valence-corrected chi connectivity index (χ3v) is 3.33. The van der Waals surface area contributed by atoms with Gasteiger partial charge < -0.3 is 14.2 Å². The Morgan fingerprint density at radius 2 is 1.68 bits per heavy atom. The third kappa shape index (κ3) is 4.20. The molecule has 0 aliphatic carbocycles. The molecule has 22 heavy (non-hydrogen) atoms. The zero-order chi connectivity index (χ0) is 15.9. The summed E-state index contributed by atoms with van der Waals surface area (Å²) in [5.74, 6) is 1.54. The molecule has 0 saturated carbocycles. The maximum Gasteiger partial charge on any atom is 0.162 e. The number of hydrogen-bond donors (Lipinski definition) is 0. The fourth-order valence-electron chi connectivity index (χ4n) is 1.75. The molecule has 6 heteroatoms. The molecule has 0 radical (unpaired) electrons. The van der Waals surface area contributed by atoms with Crippen LogP contribution in [0.2, 0.25) is 10.0 Å². The molecule has 0 saturated heterocycles. The Morgan fingerprint density at radius 3 is 2.36 bits per heavy atom. The molecule has 0 bridgehead atoms. The summed E-state index contributed by atoms with van der Waals surface area (Å²) in [4.78, 5) is 0. The van der Waals surface area contributed by atoms with Crippen LogP contribution in [-0.4, -0.2) is 20.3 Å². The first-order valence-corrected chi connectivity index (χ1v) is 7.18. The quantitative estimate of drug-likeness (QED) is 0.736. The summed E-state index contributed by atoms with van der Waals surface area (Å²) in [5.41, 5.74) is 0.495. The number of nitriles is 1. The van der Waals surface area contributed by atoms with E-state index in [1.54, 1.807) is 36.4 Å². The largest absolute Gasteiger partial charge is 0.493 e. The van der Waals surface area contributed by atoms with Crippen molar-refractivity contribution in [3.05, 3.63) is 52.0 Å². The summed E-state index contributed by atoms with van der Waals surface area (Å²) in [6.07, 6.45) is 0. The standard InChI is InChI=1S/C16H13Cl2NO3/c1-20-14-5-2-11(10-19)8-16(14)22-7-6-21-15-9-12(17)3-4-13(15)18/h2-5,8-9H,6-7H2,1H3. The summed E-state index contributed by atoms with van der Waals surface area (Å²) in [5, 5.41) is 9.93. The number of benzene rings is 2. The molecule has 0 aromatic heterocycles. The van der Waals surface area contributed by atoms with Crippen LogP contribution in [0.15, 0.2) is 36.4 Å². The Hall–Kier alpha value is -2.09. The van der Waals surface area contributed by atoms with Crippen LogP contribution in [0.1, 0.15) is 5.56 Å². The molecule has 0 spiro atoms. The Labute approximate surface area is 138 Å². The summed E-state index contributed by atoms with van der Waals surface area (Å²) in [7, 11) is 1.54. The van der Waals surface area contributed by atoms with Crippen LogP contribution >= 0.6 is 23.2 Å². The number of halogens is 2. The molecular weight excluding hydrogens is 325 g/mol. The van der Waals surface area contributed by atoms with Gasteiger partial charge in [0.05, 0.1) is 23.8 Å². The van der Waals surface area contributed by atoms with E-state index in [-0.39, 0.29) is 13.2 Å². The van der Waals surface area contributed by atoms with Crippen molar-refractivity contribution in [3.63, 3.8) is 0 Å². The van der Waals surface area contributed by atoms with Gasteiger partial charge in [-0.3, -0.25) is 0 Å². The lowest BCUT2D eigenvalue weighted by molar-refractivity contribution is 0.211. The van der Waals surface area contributed by atoms with Gasteiger partial charge in [-0.25, -0.2) is 0 Å². The summed E-state index contributed by atoms with van der Waals surface area (Å²) in [6.45, 7) is 0.550. The summed E-state index contributed by atoms with van der Waals surface area (Å²) in [6, 6.07) is 12.0. The lowest BCUT2D eigenvalue weighted by Crippen LogP contribution is -2.10. The number of ether oxygens (including phenoxy) is 3. The second-order valence-electron chi connectivity index (χ2n) is 4.25. The number of nitrogens with zero attached hydrogens (tertiary/aromatic N) is 1. The van der Waals surface area contributed by atoms with Crippen LogP contribution in [-0.2, 0) is 0 Å². The SMILES string of the molecule is COc1ccc(C#N)cc1OCCOc1cc(Cl)ccc1Cl. The predicted molar refractivity (Wildman–Crippen MR) is 85.2 cm³/mol. The van der Waals surface area contributed by atoms with Crippen molar-refractivity contribution < 1.29 is 14.2 Å². The Bertz CT molecular complexity index is 698. The van der Waals surface area contributed by atoms with E-state index >= 15 is 0 Å². The topological polar surface area (TPSA) is 51.5 Å². The lowest BCUT2D eigenvalue weighted by Gasteiger charge is -2.12. The molecule has 4 nitrogen and oxygen atoms in total. The Balaban J connectivity index is 1.94. The fourth-order valence-corrected chi connectivity index (χ4v) is 2.08. The maximum atomic E-state index is 8.90. The molecule has 0 heterocycles. The van der Waals surface area contributed by atoms with E-state index in [0.29, 0.717) is 32.9 Å². The van der Waals surface area contributed by atoms with Crippen LogP contribution in [0.4, 0.5) is 0 Å². The minimum Gasteiger partial charge on any atom is -0.493 e. The van der Waals surface area contributed by atoms with E-state index in [4.69, 9.17) is 42.7 Å². The zero-order valence-electron chi connectivity index (χ0n) is 11.8. The molecule has 114 valence electrons. The van der Waals surface area contributed by atoms with Gasteiger partial charge in [-0.2, -0.15) is 5.26 Å². The van der Waals surface area contributed by atoms with Gasteiger partial charge in [-0.1, -0.05) is 23.2 Å². The first kappa shape index (κ1) is 16.3. The molecule has 0 fully saturated rings. The normalized spacial score (nSPS) is 9.91. The van der Waals surface area contributed by atoms with Crippen molar-refractivity contribution in [1.82, 2.24) is 0 Å². The molecule has 0 atom stereocenters. The average Bonchev–Trinajstić information content (AvgIpc) is 2.54. The monoisotopic (exact) mass is 337 g/mol. The number of rotatable bonds is 6. The van der Waals surface area contributed by atoms with E-state index in [1.807, 2.05) is 6.07 Å². The van der Waals surface area contributed by atoms with Crippen molar-refractivity contribution in [2.75, 3.05) is 20.3 Å². The van der Waals surface area contributed by atoms with Gasteiger partial charge in [-0.05, 0) is 24.3 Å². The van der Waals surface area contributed by atoms with Gasteiger partial charge in [0.1, 0.15) is 19.0 Å². The molecule has 0 aliphatic heterocycles. The first-order valence-electron chi connectivity index (χ1n) is 6.43. The van der Waals surface area contributed by atoms with Crippen LogP contribution in [0.5, 0.6) is 17.2 Å². The molecule has 0 unspecified atom stereocenters. The van der Waals surface area contributed by atoms with E-state index < -0.39 is 0 Å². The summed E-state index contributed by atoms with van der Waals surface area (Å²) < 4.78 is 16.3. The van der Waals surface area contributed by atoms with Crippen molar-refractivity contribution in [1.29, 1.82) is 5.26 Å². The molecular formula is C16H13Cl2NO3. The molecule has 0 amide bonds. The van der Waals surface area contributed by atoms with Gasteiger partial charge in [-0.15, -0.1) is 0 Å². The van der Waals surface area contributed by atoms with Crippen molar-refractivity contribution in [2.24, 2.45) is 0 Å². The van der Waals surface area contributed by atoms with Gasteiger partial charge in [0.2, 0.25) is 0 Å². The molecule has 2 aromatic rings. The van der Waals surface area contributed by atoms with Crippen LogP contribution < -0.4 is 14.2 Å². The number of hydrogen-bond acceptors (Lipinski definition) is 4. The highest BCUT2D eigenvalue weighted by Gasteiger charge is 2.07. The second kappa shape index (κ2) is 7.79. The zero-order valence-corrected chi connectivity index (χ0v) is 13.3. The van der Waals surface area contributed by atoms with Gasteiger partial charge in [0, 0.05) is 17.2 Å². The Morgan fingerprint density at radius 1 is 0.955 bits per heavy atom. The van der Waals surface area contributed by atoms with Crippen LogP contribution in [0.25, 0.3) is 0 Å². The maximum absolute atomic E-state index is 8.90. The molecule has 0 N–H and O–H groups in total. The average molecular weight is 338 g/mol. The van der Waals surface area contributed by atoms with Crippen LogP contribution in [0, 0.1) is 11.3 Å². The third-order valence-electron chi connectivity index (χ3n) is 2.78. The minimum atomic E-state index is 0.272. The molecule has 2 aromatic carbocycles. The highest BCUT2D eigenvalue weighted by atomic mass is 35.5. The molecule has 2 rings (SSSR count). The fraction of sp³-hybridized carbons (Fsp3) is 0.188. The van der Waals surface area contributed by atoms with E-state index in [2.05, 4.69) is 0 Å². The summed E-state index contributed by atoms with van der Waals surface area (Å²) >= 11 is 11.9. The van der Waals surface area contributed by atoms with E-state index in [0.717, 1.165) is 0 Å². The molecule has 0 aliphatic rings. The number of methoxy groups -OCH3 is 1. The van der Waals surface area contributed by atoms with Crippen molar-refractivity contribution in [3.8, 4) is 23.3 Å². The van der Waals surface area contributed by atoms with Gasteiger partial charge >= 0.3 is 0 Å². The van der Waals surface area contributed by atoms with Crippen LogP contribution in [0.3, 0.4) is 0 Å². The van der Waals surface area contributed by atoms with Gasteiger partial charge in [0.25, 0.3) is 0 Å². The van der Waals surface area contributed by atoms with E-state index in [9.17, 15) is 0 Å². The first-order chi connectivity index (χ1) is 10.6.